The van der Waals surface area contributed by atoms with Gasteiger partial charge in [0.2, 0.25) is 5.91 Å². The summed E-state index contributed by atoms with van der Waals surface area (Å²) >= 11 is 0. The van der Waals surface area contributed by atoms with Crippen LogP contribution in [-0.2, 0) is 11.3 Å². The summed E-state index contributed by atoms with van der Waals surface area (Å²) in [5.41, 5.74) is 0.592. The average molecular weight is 552 g/mol. The largest absolute Gasteiger partial charge is 0.457 e. The van der Waals surface area contributed by atoms with Gasteiger partial charge in [-0.05, 0) is 48.4 Å². The van der Waals surface area contributed by atoms with Gasteiger partial charge in [0.15, 0.2) is 0 Å². The molecule has 2 aliphatic heterocycles. The average Bonchev–Trinajstić information content (AvgIpc) is 3.24. The first-order chi connectivity index (χ1) is 19.1. The molecule has 1 saturated heterocycles. The lowest BCUT2D eigenvalue weighted by Gasteiger charge is -2.35. The number of halogens is 3. The van der Waals surface area contributed by atoms with Crippen LogP contribution in [0.15, 0.2) is 77.8 Å². The van der Waals surface area contributed by atoms with E-state index in [4.69, 9.17) is 4.74 Å². The summed E-state index contributed by atoms with van der Waals surface area (Å²) in [6, 6.07) is 17.5. The molecule has 3 unspecified atom stereocenters. The molecule has 0 aliphatic carbocycles. The van der Waals surface area contributed by atoms with Gasteiger partial charge in [0.25, 0.3) is 11.8 Å². The molecule has 0 aromatic heterocycles. The highest BCUT2D eigenvalue weighted by Crippen LogP contribution is 2.39. The van der Waals surface area contributed by atoms with Gasteiger partial charge in [0.05, 0.1) is 6.04 Å². The van der Waals surface area contributed by atoms with Crippen LogP contribution in [0, 0.1) is 0 Å². The van der Waals surface area contributed by atoms with Crippen molar-refractivity contribution < 1.29 is 37.4 Å². The number of rotatable bonds is 6. The number of amides is 3. The van der Waals surface area contributed by atoms with Gasteiger partial charge < -0.3 is 20.1 Å². The number of alkyl halides is 3. The van der Waals surface area contributed by atoms with Crippen LogP contribution in [0.5, 0.6) is 11.5 Å². The van der Waals surface area contributed by atoms with Gasteiger partial charge in [0.1, 0.15) is 23.6 Å². The second-order valence-electron chi connectivity index (χ2n) is 9.48. The number of hydrogen-bond donors (Lipinski definition) is 2. The highest BCUT2D eigenvalue weighted by Gasteiger charge is 2.42. The molecule has 2 N–H and O–H groups in total. The van der Waals surface area contributed by atoms with Crippen molar-refractivity contribution in [2.24, 2.45) is 4.99 Å². The molecule has 2 heterocycles. The predicted molar refractivity (Wildman–Crippen MR) is 138 cm³/mol. The van der Waals surface area contributed by atoms with Gasteiger partial charge in [0, 0.05) is 35.9 Å². The maximum Gasteiger partial charge on any atom is 0.400 e. The minimum atomic E-state index is -4.76. The Labute approximate surface area is 227 Å². The number of benzene rings is 3. The van der Waals surface area contributed by atoms with Gasteiger partial charge in [-0.25, -0.2) is 4.99 Å². The smallest absolute Gasteiger partial charge is 0.400 e. The normalized spacial score (nSPS) is 19.9. The molecule has 8 nitrogen and oxygen atoms in total. The SMILES string of the molecule is O=C1CCC(N2Cc3cc(C(=O)/N=C/C(c4ccccc4Oc4ccccc4)C(F)(F)F)ccc3C2=O)C(O)N1. The van der Waals surface area contributed by atoms with E-state index in [-0.39, 0.29) is 48.1 Å². The summed E-state index contributed by atoms with van der Waals surface area (Å²) in [7, 11) is 0. The van der Waals surface area contributed by atoms with Crippen molar-refractivity contribution in [3.8, 4) is 11.5 Å². The van der Waals surface area contributed by atoms with Crippen LogP contribution in [0.1, 0.15) is 50.6 Å². The Balaban J connectivity index is 1.36. The molecule has 2 aliphatic rings. The fourth-order valence-corrected chi connectivity index (χ4v) is 4.84. The highest BCUT2D eigenvalue weighted by molar-refractivity contribution is 6.03. The highest BCUT2D eigenvalue weighted by atomic mass is 19.4. The van der Waals surface area contributed by atoms with Gasteiger partial charge in [-0.15, -0.1) is 0 Å². The number of aliphatic hydroxyl groups is 1. The fraction of sp³-hybridized carbons (Fsp3) is 0.241. The monoisotopic (exact) mass is 551 g/mol. The van der Waals surface area contributed by atoms with E-state index in [0.717, 1.165) is 0 Å². The number of aliphatic imine (C=N–C) groups is 1. The zero-order valence-electron chi connectivity index (χ0n) is 21.0. The molecule has 3 aromatic rings. The number of fused-ring (bicyclic) bond motifs is 1. The lowest BCUT2D eigenvalue weighted by molar-refractivity contribution is -0.134. The zero-order chi connectivity index (χ0) is 28.4. The van der Waals surface area contributed by atoms with Crippen LogP contribution < -0.4 is 10.1 Å². The Morgan fingerprint density at radius 2 is 1.80 bits per heavy atom. The Kier molecular flexibility index (Phi) is 7.40. The molecule has 3 atom stereocenters. The number of nitrogens with zero attached hydrogens (tertiary/aromatic N) is 2. The maximum atomic E-state index is 14.1. The molecule has 40 heavy (non-hydrogen) atoms. The van der Waals surface area contributed by atoms with E-state index in [1.807, 2.05) is 0 Å². The molecule has 0 bridgehead atoms. The van der Waals surface area contributed by atoms with Crippen molar-refractivity contribution in [1.82, 2.24) is 10.2 Å². The van der Waals surface area contributed by atoms with Crippen LogP contribution in [-0.4, -0.2) is 52.4 Å². The van der Waals surface area contributed by atoms with Crippen LogP contribution in [0.2, 0.25) is 0 Å². The number of para-hydroxylation sites is 2. The molecule has 0 radical (unpaired) electrons. The lowest BCUT2D eigenvalue weighted by Crippen LogP contribution is -2.55. The number of piperidine rings is 1. The topological polar surface area (TPSA) is 108 Å². The Bertz CT molecular complexity index is 1480. The van der Waals surface area contributed by atoms with E-state index in [2.05, 4.69) is 10.3 Å². The number of aliphatic hydroxyl groups excluding tert-OH is 1. The van der Waals surface area contributed by atoms with Crippen LogP contribution in [0.25, 0.3) is 0 Å². The molecule has 5 rings (SSSR count). The first kappa shape index (κ1) is 27.1. The second-order valence-corrected chi connectivity index (χ2v) is 9.48. The Morgan fingerprint density at radius 1 is 1.07 bits per heavy atom. The molecule has 0 spiro atoms. The van der Waals surface area contributed by atoms with E-state index in [1.165, 1.54) is 41.3 Å². The standard InChI is InChI=1S/C29H24F3N3O5/c30-29(31,32)22(21-8-4-5-9-24(21)40-19-6-2-1-3-7-19)15-33-26(37)17-10-11-20-18(14-17)16-35(28(20)39)23-12-13-25(36)34-27(23)38/h1-11,14-15,22-23,27,38H,12-13,16H2,(H,34,36)/b33-15+. The summed E-state index contributed by atoms with van der Waals surface area (Å²) in [6.45, 7) is 0.0754. The van der Waals surface area contributed by atoms with Crippen molar-refractivity contribution in [1.29, 1.82) is 0 Å². The van der Waals surface area contributed by atoms with E-state index in [1.54, 1.807) is 36.4 Å². The summed E-state index contributed by atoms with van der Waals surface area (Å²) in [5.74, 6) is -3.48. The van der Waals surface area contributed by atoms with Crippen LogP contribution >= 0.6 is 0 Å². The minimum absolute atomic E-state index is 0.0110. The molecule has 3 aromatic carbocycles. The molecular weight excluding hydrogens is 527 g/mol. The predicted octanol–water partition coefficient (Wildman–Crippen LogP) is 4.59. The number of hydrogen-bond acceptors (Lipinski definition) is 5. The third-order valence-corrected chi connectivity index (χ3v) is 6.84. The van der Waals surface area contributed by atoms with Crippen molar-refractivity contribution in [2.45, 2.75) is 43.8 Å². The molecule has 0 saturated carbocycles. The van der Waals surface area contributed by atoms with Crippen molar-refractivity contribution in [3.63, 3.8) is 0 Å². The zero-order valence-corrected chi connectivity index (χ0v) is 21.0. The molecule has 11 heteroatoms. The Morgan fingerprint density at radius 3 is 2.52 bits per heavy atom. The third-order valence-electron chi connectivity index (χ3n) is 6.84. The van der Waals surface area contributed by atoms with E-state index < -0.39 is 30.3 Å². The second kappa shape index (κ2) is 10.9. The lowest BCUT2D eigenvalue weighted by atomic mass is 9.98. The van der Waals surface area contributed by atoms with Gasteiger partial charge in [-0.1, -0.05) is 36.4 Å². The van der Waals surface area contributed by atoms with Crippen molar-refractivity contribution >= 4 is 23.9 Å². The van der Waals surface area contributed by atoms with Gasteiger partial charge in [-0.3, -0.25) is 14.4 Å². The van der Waals surface area contributed by atoms with Crippen molar-refractivity contribution in [2.75, 3.05) is 0 Å². The Hall–Kier alpha value is -4.51. The summed E-state index contributed by atoms with van der Waals surface area (Å²) in [4.78, 5) is 42.3. The molecular formula is C29H24F3N3O5. The van der Waals surface area contributed by atoms with E-state index in [9.17, 15) is 32.7 Å². The third kappa shape index (κ3) is 5.59. The summed E-state index contributed by atoms with van der Waals surface area (Å²) in [6.07, 6.45) is -5.00. The maximum absolute atomic E-state index is 14.1. The van der Waals surface area contributed by atoms with Gasteiger partial charge >= 0.3 is 6.18 Å². The first-order valence-corrected chi connectivity index (χ1v) is 12.5. The quantitative estimate of drug-likeness (QED) is 0.436. The number of ether oxygens (including phenoxy) is 1. The number of carbonyl (C=O) groups excluding carboxylic acids is 3. The molecule has 1 fully saturated rings. The van der Waals surface area contributed by atoms with Crippen LogP contribution in [0.4, 0.5) is 13.2 Å². The van der Waals surface area contributed by atoms with E-state index >= 15 is 0 Å². The molecule has 3 amide bonds. The number of carbonyl (C=O) groups is 3. The summed E-state index contributed by atoms with van der Waals surface area (Å²) < 4.78 is 48.1. The van der Waals surface area contributed by atoms with E-state index in [0.29, 0.717) is 23.1 Å². The van der Waals surface area contributed by atoms with Gasteiger partial charge in [-0.2, -0.15) is 13.2 Å². The minimum Gasteiger partial charge on any atom is -0.457 e. The number of nitrogens with one attached hydrogen (secondary N) is 1. The first-order valence-electron chi connectivity index (χ1n) is 12.5. The fourth-order valence-electron chi connectivity index (χ4n) is 4.84. The van der Waals surface area contributed by atoms with Crippen molar-refractivity contribution in [3.05, 3.63) is 95.1 Å². The van der Waals surface area contributed by atoms with Crippen LogP contribution in [0.3, 0.4) is 0 Å². The molecule has 206 valence electrons. The summed E-state index contributed by atoms with van der Waals surface area (Å²) in [5, 5.41) is 12.6.